The first-order valence-corrected chi connectivity index (χ1v) is 6.75. The van der Waals surface area contributed by atoms with Crippen molar-refractivity contribution in [3.63, 3.8) is 0 Å². The monoisotopic (exact) mass is 255 g/mol. The van der Waals surface area contributed by atoms with Crippen molar-refractivity contribution in [1.29, 1.82) is 0 Å². The number of Topliss-reactive ketones (excluding diaryl/α,β-unsaturated/α-hetero) is 1. The van der Waals surface area contributed by atoms with E-state index in [1.54, 1.807) is 20.8 Å². The van der Waals surface area contributed by atoms with Gasteiger partial charge in [-0.05, 0) is 39.8 Å². The Bertz CT molecular complexity index is 510. The summed E-state index contributed by atoms with van der Waals surface area (Å²) < 4.78 is 26.4. The van der Waals surface area contributed by atoms with Gasteiger partial charge < -0.3 is 0 Å². The topological polar surface area (TPSA) is 63.2 Å². The van der Waals surface area contributed by atoms with Gasteiger partial charge >= 0.3 is 0 Å². The van der Waals surface area contributed by atoms with Crippen molar-refractivity contribution in [3.8, 4) is 0 Å². The molecule has 0 atom stereocenters. The minimum Gasteiger partial charge on any atom is -0.295 e. The Morgan fingerprint density at radius 2 is 1.59 bits per heavy atom. The molecule has 0 saturated heterocycles. The summed E-state index contributed by atoms with van der Waals surface area (Å²) >= 11 is 0. The maximum atomic E-state index is 11.9. The van der Waals surface area contributed by atoms with Crippen LogP contribution in [-0.4, -0.2) is 19.7 Å². The summed E-state index contributed by atoms with van der Waals surface area (Å²) in [5, 5.41) is 0. The lowest BCUT2D eigenvalue weighted by molar-refractivity contribution is 0.101. The van der Waals surface area contributed by atoms with E-state index in [0.717, 1.165) is 0 Å². The Labute approximate surface area is 102 Å². The Morgan fingerprint density at radius 1 is 1.12 bits per heavy atom. The van der Waals surface area contributed by atoms with E-state index < -0.39 is 15.6 Å². The van der Waals surface area contributed by atoms with Crippen LogP contribution in [0.1, 0.15) is 38.1 Å². The van der Waals surface area contributed by atoms with Gasteiger partial charge in [-0.15, -0.1) is 0 Å². The zero-order chi connectivity index (χ0) is 13.3. The lowest BCUT2D eigenvalue weighted by Crippen LogP contribution is -2.40. The van der Waals surface area contributed by atoms with Crippen molar-refractivity contribution in [2.24, 2.45) is 0 Å². The third-order valence-corrected chi connectivity index (χ3v) is 3.79. The molecule has 0 amide bonds. The number of hydrogen-bond acceptors (Lipinski definition) is 3. The van der Waals surface area contributed by atoms with Gasteiger partial charge in [-0.1, -0.05) is 12.1 Å². The number of hydrogen-bond donors (Lipinski definition) is 1. The molecular formula is C12H17NO3S. The minimum atomic E-state index is -3.52. The van der Waals surface area contributed by atoms with E-state index in [1.807, 2.05) is 0 Å². The van der Waals surface area contributed by atoms with Gasteiger partial charge in [-0.2, -0.15) is 0 Å². The minimum absolute atomic E-state index is 0.0854. The molecule has 1 aromatic carbocycles. The fraction of sp³-hybridized carbons (Fsp3) is 0.417. The van der Waals surface area contributed by atoms with E-state index in [9.17, 15) is 13.2 Å². The van der Waals surface area contributed by atoms with Crippen LogP contribution in [0, 0.1) is 0 Å². The zero-order valence-corrected chi connectivity index (χ0v) is 11.3. The van der Waals surface area contributed by atoms with Crippen molar-refractivity contribution in [2.45, 2.75) is 38.1 Å². The molecular weight excluding hydrogens is 238 g/mol. The molecule has 5 heteroatoms. The van der Waals surface area contributed by atoms with Gasteiger partial charge in [0.25, 0.3) is 0 Å². The van der Waals surface area contributed by atoms with Crippen molar-refractivity contribution < 1.29 is 13.2 Å². The molecule has 4 nitrogen and oxygen atoms in total. The molecule has 1 rings (SSSR count). The number of rotatable bonds is 3. The number of sulfonamides is 1. The Balaban J connectivity index is 3.05. The maximum absolute atomic E-state index is 11.9. The van der Waals surface area contributed by atoms with E-state index in [-0.39, 0.29) is 10.7 Å². The average Bonchev–Trinajstić information content (AvgIpc) is 2.14. The molecule has 0 fully saturated rings. The van der Waals surface area contributed by atoms with Crippen LogP contribution in [0.3, 0.4) is 0 Å². The molecule has 0 aromatic heterocycles. The molecule has 0 radical (unpaired) electrons. The van der Waals surface area contributed by atoms with E-state index in [0.29, 0.717) is 5.56 Å². The van der Waals surface area contributed by atoms with E-state index in [1.165, 1.54) is 31.2 Å². The normalized spacial score (nSPS) is 12.5. The number of carbonyl (C=O) groups is 1. The largest absolute Gasteiger partial charge is 0.295 e. The van der Waals surface area contributed by atoms with Crippen molar-refractivity contribution >= 4 is 15.8 Å². The summed E-state index contributed by atoms with van der Waals surface area (Å²) in [6, 6.07) is 5.90. The zero-order valence-electron chi connectivity index (χ0n) is 10.4. The standard InChI is InChI=1S/C12H17NO3S/c1-9(14)10-5-7-11(8-6-10)17(15,16)13-12(2,3)4/h5-8,13H,1-4H3. The molecule has 0 aliphatic rings. The highest BCUT2D eigenvalue weighted by Gasteiger charge is 2.21. The van der Waals surface area contributed by atoms with Crippen LogP contribution >= 0.6 is 0 Å². The summed E-state index contributed by atoms with van der Waals surface area (Å²) in [6.45, 7) is 6.76. The van der Waals surface area contributed by atoms with E-state index in [4.69, 9.17) is 0 Å². The highest BCUT2D eigenvalue weighted by atomic mass is 32.2. The predicted octanol–water partition coefficient (Wildman–Crippen LogP) is 1.97. The first-order chi connectivity index (χ1) is 7.62. The van der Waals surface area contributed by atoms with Gasteiger partial charge in [0.05, 0.1) is 4.90 Å². The third-order valence-electron chi connectivity index (χ3n) is 2.01. The fourth-order valence-corrected chi connectivity index (χ4v) is 2.75. The second-order valence-corrected chi connectivity index (χ2v) is 6.62. The van der Waals surface area contributed by atoms with Crippen molar-refractivity contribution in [3.05, 3.63) is 29.8 Å². The van der Waals surface area contributed by atoms with Crippen LogP contribution in [0.25, 0.3) is 0 Å². The van der Waals surface area contributed by atoms with Crippen LogP contribution in [-0.2, 0) is 10.0 Å². The Morgan fingerprint density at radius 3 is 1.94 bits per heavy atom. The molecule has 0 saturated carbocycles. The highest BCUT2D eigenvalue weighted by Crippen LogP contribution is 2.14. The summed E-state index contributed by atoms with van der Waals surface area (Å²) in [5.74, 6) is -0.0854. The average molecular weight is 255 g/mol. The predicted molar refractivity (Wildman–Crippen MR) is 66.5 cm³/mol. The number of nitrogens with one attached hydrogen (secondary N) is 1. The third kappa shape index (κ3) is 3.94. The highest BCUT2D eigenvalue weighted by molar-refractivity contribution is 7.89. The van der Waals surface area contributed by atoms with Gasteiger partial charge in [0, 0.05) is 11.1 Å². The van der Waals surface area contributed by atoms with Crippen LogP contribution in [0.5, 0.6) is 0 Å². The quantitative estimate of drug-likeness (QED) is 0.840. The summed E-state index contributed by atoms with van der Waals surface area (Å²) in [6.07, 6.45) is 0. The first kappa shape index (κ1) is 13.9. The SMILES string of the molecule is CC(=O)c1ccc(S(=O)(=O)NC(C)(C)C)cc1. The lowest BCUT2D eigenvalue weighted by Gasteiger charge is -2.20. The molecule has 0 heterocycles. The van der Waals surface area contributed by atoms with E-state index in [2.05, 4.69) is 4.72 Å². The molecule has 0 spiro atoms. The lowest BCUT2D eigenvalue weighted by atomic mass is 10.1. The Kier molecular flexibility index (Phi) is 3.74. The molecule has 0 unspecified atom stereocenters. The molecule has 1 N–H and O–H groups in total. The second-order valence-electron chi connectivity index (χ2n) is 4.94. The molecule has 17 heavy (non-hydrogen) atoms. The van der Waals surface area contributed by atoms with Gasteiger partial charge in [-0.3, -0.25) is 4.79 Å². The molecule has 1 aromatic rings. The van der Waals surface area contributed by atoms with Gasteiger partial charge in [0.15, 0.2) is 5.78 Å². The van der Waals surface area contributed by atoms with Gasteiger partial charge in [0.1, 0.15) is 0 Å². The summed E-state index contributed by atoms with van der Waals surface area (Å²) in [7, 11) is -3.52. The van der Waals surface area contributed by atoms with Crippen molar-refractivity contribution in [1.82, 2.24) is 4.72 Å². The maximum Gasteiger partial charge on any atom is 0.241 e. The smallest absolute Gasteiger partial charge is 0.241 e. The van der Waals surface area contributed by atoms with Crippen LogP contribution in [0.2, 0.25) is 0 Å². The summed E-state index contributed by atoms with van der Waals surface area (Å²) in [5.41, 5.74) is -0.0300. The fourth-order valence-electron chi connectivity index (χ4n) is 1.33. The van der Waals surface area contributed by atoms with Crippen LogP contribution < -0.4 is 4.72 Å². The molecule has 0 aliphatic carbocycles. The number of carbonyl (C=O) groups excluding carboxylic acids is 1. The number of ketones is 1. The van der Waals surface area contributed by atoms with Crippen LogP contribution in [0.4, 0.5) is 0 Å². The molecule has 0 bridgehead atoms. The summed E-state index contributed by atoms with van der Waals surface area (Å²) in [4.78, 5) is 11.2. The van der Waals surface area contributed by atoms with Gasteiger partial charge in [0.2, 0.25) is 10.0 Å². The van der Waals surface area contributed by atoms with Crippen molar-refractivity contribution in [2.75, 3.05) is 0 Å². The Hall–Kier alpha value is -1.20. The molecule has 94 valence electrons. The second kappa shape index (κ2) is 4.58. The van der Waals surface area contributed by atoms with E-state index >= 15 is 0 Å². The van der Waals surface area contributed by atoms with Gasteiger partial charge in [-0.25, -0.2) is 13.1 Å². The molecule has 0 aliphatic heterocycles. The first-order valence-electron chi connectivity index (χ1n) is 5.27. The number of benzene rings is 1. The van der Waals surface area contributed by atoms with Crippen LogP contribution in [0.15, 0.2) is 29.2 Å².